The number of halogens is 4. The highest BCUT2D eigenvalue weighted by molar-refractivity contribution is 5.96. The van der Waals surface area contributed by atoms with Crippen molar-refractivity contribution in [1.29, 1.82) is 0 Å². The van der Waals surface area contributed by atoms with E-state index in [1.165, 1.54) is 41.2 Å². The molecule has 0 fully saturated rings. The second-order valence-corrected chi connectivity index (χ2v) is 6.90. The lowest BCUT2D eigenvalue weighted by Gasteiger charge is -2.13. The van der Waals surface area contributed by atoms with E-state index in [1.807, 2.05) is 0 Å². The first-order valence-corrected chi connectivity index (χ1v) is 9.28. The van der Waals surface area contributed by atoms with E-state index in [2.05, 4.69) is 15.4 Å². The molecule has 0 aliphatic rings. The van der Waals surface area contributed by atoms with Gasteiger partial charge in [0.1, 0.15) is 12.4 Å². The van der Waals surface area contributed by atoms with Gasteiger partial charge in [-0.3, -0.25) is 4.79 Å². The molecule has 0 saturated carbocycles. The first-order valence-electron chi connectivity index (χ1n) is 9.28. The number of aromatic nitrogens is 3. The third-order valence-electron chi connectivity index (χ3n) is 4.76. The van der Waals surface area contributed by atoms with Crippen LogP contribution in [-0.2, 0) is 17.5 Å². The fourth-order valence-electron chi connectivity index (χ4n) is 3.43. The number of alkyl halides is 3. The van der Waals surface area contributed by atoms with Gasteiger partial charge < -0.3 is 5.32 Å². The number of aryl methyl sites for hydroxylation is 1. The minimum absolute atomic E-state index is 0.323. The van der Waals surface area contributed by atoms with Crippen molar-refractivity contribution < 1.29 is 22.4 Å². The number of rotatable bonds is 4. The molecule has 2 heterocycles. The van der Waals surface area contributed by atoms with Crippen LogP contribution in [0.5, 0.6) is 0 Å². The molecule has 2 aromatic carbocycles. The molecule has 4 aromatic rings. The van der Waals surface area contributed by atoms with Gasteiger partial charge in [0.05, 0.1) is 16.9 Å². The third-order valence-corrected chi connectivity index (χ3v) is 4.76. The lowest BCUT2D eigenvalue weighted by molar-refractivity contribution is -0.137. The molecule has 158 valence electrons. The molecule has 0 aliphatic carbocycles. The summed E-state index contributed by atoms with van der Waals surface area (Å²) < 4.78 is 54.1. The summed E-state index contributed by atoms with van der Waals surface area (Å²) in [4.78, 5) is 16.8. The average Bonchev–Trinajstić information content (AvgIpc) is 3.04. The summed E-state index contributed by atoms with van der Waals surface area (Å²) in [6.45, 7) is 1.42. The van der Waals surface area contributed by atoms with Crippen LogP contribution in [-0.4, -0.2) is 20.7 Å². The topological polar surface area (TPSA) is 59.8 Å². The average molecular weight is 428 g/mol. The predicted octanol–water partition coefficient (Wildman–Crippen LogP) is 5.20. The number of anilines is 1. The summed E-state index contributed by atoms with van der Waals surface area (Å²) in [5.74, 6) is -1.03. The Balaban J connectivity index is 1.65. The van der Waals surface area contributed by atoms with E-state index in [1.54, 1.807) is 25.1 Å². The fourth-order valence-corrected chi connectivity index (χ4v) is 3.43. The van der Waals surface area contributed by atoms with Gasteiger partial charge in [-0.05, 0) is 48.4 Å². The molecule has 31 heavy (non-hydrogen) atoms. The Morgan fingerprint density at radius 3 is 2.48 bits per heavy atom. The molecule has 2 aromatic heterocycles. The Kier molecular flexibility index (Phi) is 5.18. The Morgan fingerprint density at radius 2 is 1.77 bits per heavy atom. The maximum Gasteiger partial charge on any atom is 0.418 e. The third kappa shape index (κ3) is 4.11. The maximum atomic E-state index is 13.3. The zero-order chi connectivity index (χ0) is 22.2. The smallest absolute Gasteiger partial charge is 0.324 e. The van der Waals surface area contributed by atoms with E-state index in [0.717, 1.165) is 17.2 Å². The molecule has 0 radical (unpaired) electrons. The Labute approximate surface area is 174 Å². The van der Waals surface area contributed by atoms with Crippen LogP contribution in [0.15, 0.2) is 60.8 Å². The van der Waals surface area contributed by atoms with E-state index in [-0.39, 0.29) is 18.0 Å². The Bertz CT molecular complexity index is 1260. The van der Waals surface area contributed by atoms with E-state index < -0.39 is 17.6 Å². The van der Waals surface area contributed by atoms with Gasteiger partial charge in [0.15, 0.2) is 5.65 Å². The number of hydrogen-bond acceptors (Lipinski definition) is 3. The van der Waals surface area contributed by atoms with Crippen molar-refractivity contribution in [2.75, 3.05) is 5.32 Å². The summed E-state index contributed by atoms with van der Waals surface area (Å²) in [6.07, 6.45) is -3.06. The van der Waals surface area contributed by atoms with E-state index in [4.69, 9.17) is 0 Å². The summed E-state index contributed by atoms with van der Waals surface area (Å²) in [7, 11) is 0. The van der Waals surface area contributed by atoms with Crippen LogP contribution in [0.3, 0.4) is 0 Å². The monoisotopic (exact) mass is 428 g/mol. The highest BCUT2D eigenvalue weighted by atomic mass is 19.4. The second kappa shape index (κ2) is 7.82. The van der Waals surface area contributed by atoms with Crippen molar-refractivity contribution in [3.63, 3.8) is 0 Å². The van der Waals surface area contributed by atoms with Gasteiger partial charge in [-0.1, -0.05) is 24.3 Å². The molecule has 0 atom stereocenters. The van der Waals surface area contributed by atoms with Gasteiger partial charge in [0, 0.05) is 11.6 Å². The zero-order valence-electron chi connectivity index (χ0n) is 16.2. The molecule has 4 rings (SSSR count). The van der Waals surface area contributed by atoms with Crippen molar-refractivity contribution in [1.82, 2.24) is 14.8 Å². The maximum absolute atomic E-state index is 13.3. The molecule has 0 unspecified atom stereocenters. The largest absolute Gasteiger partial charge is 0.418 e. The number of carbonyl (C=O) groups excluding carboxylic acids is 1. The number of benzene rings is 2. The minimum Gasteiger partial charge on any atom is -0.324 e. The van der Waals surface area contributed by atoms with E-state index in [9.17, 15) is 22.4 Å². The van der Waals surface area contributed by atoms with Crippen molar-refractivity contribution in [2.24, 2.45) is 0 Å². The molecule has 1 N–H and O–H groups in total. The summed E-state index contributed by atoms with van der Waals surface area (Å²) in [5, 5.41) is 7.32. The van der Waals surface area contributed by atoms with Crippen LogP contribution < -0.4 is 5.32 Å². The van der Waals surface area contributed by atoms with Crippen LogP contribution in [0.1, 0.15) is 11.3 Å². The van der Waals surface area contributed by atoms with Crippen LogP contribution in [0.4, 0.5) is 23.2 Å². The molecule has 9 heteroatoms. The summed E-state index contributed by atoms with van der Waals surface area (Å²) in [5.41, 5.74) is 1.25. The van der Waals surface area contributed by atoms with Crippen LogP contribution in [0, 0.1) is 12.7 Å². The standard InChI is InChI=1S/C22H16F4N4O/c1-13-20-16(14-6-8-15(23)9-7-14)10-11-27-21(20)30(29-13)12-19(31)28-18-5-3-2-4-17(18)22(24,25)26/h2-11H,12H2,1H3,(H,28,31). The fraction of sp³-hybridized carbons (Fsp3) is 0.136. The van der Waals surface area contributed by atoms with Gasteiger partial charge in [-0.15, -0.1) is 0 Å². The van der Waals surface area contributed by atoms with Crippen molar-refractivity contribution >= 4 is 22.6 Å². The molecule has 0 spiro atoms. The first kappa shape index (κ1) is 20.5. The zero-order valence-corrected chi connectivity index (χ0v) is 16.2. The van der Waals surface area contributed by atoms with Crippen LogP contribution >= 0.6 is 0 Å². The number of carbonyl (C=O) groups is 1. The lowest BCUT2D eigenvalue weighted by Crippen LogP contribution is -2.22. The predicted molar refractivity (Wildman–Crippen MR) is 108 cm³/mol. The number of fused-ring (bicyclic) bond motifs is 1. The number of hydrogen-bond donors (Lipinski definition) is 1. The quantitative estimate of drug-likeness (QED) is 0.455. The molecular weight excluding hydrogens is 412 g/mol. The Hall–Kier alpha value is -3.75. The van der Waals surface area contributed by atoms with Gasteiger partial charge in [0.2, 0.25) is 5.91 Å². The lowest BCUT2D eigenvalue weighted by atomic mass is 10.0. The highest BCUT2D eigenvalue weighted by Crippen LogP contribution is 2.34. The Morgan fingerprint density at radius 1 is 1.06 bits per heavy atom. The molecule has 0 aliphatic heterocycles. The number of amides is 1. The molecule has 1 amide bonds. The molecule has 0 bridgehead atoms. The summed E-state index contributed by atoms with van der Waals surface area (Å²) >= 11 is 0. The molecule has 0 saturated heterocycles. The van der Waals surface area contributed by atoms with Gasteiger partial charge in [-0.2, -0.15) is 18.3 Å². The van der Waals surface area contributed by atoms with E-state index >= 15 is 0 Å². The number of nitrogens with one attached hydrogen (secondary N) is 1. The SMILES string of the molecule is Cc1nn(CC(=O)Nc2ccccc2C(F)(F)F)c2nccc(-c3ccc(F)cc3)c12. The highest BCUT2D eigenvalue weighted by Gasteiger charge is 2.33. The van der Waals surface area contributed by atoms with E-state index in [0.29, 0.717) is 16.7 Å². The minimum atomic E-state index is -4.59. The summed E-state index contributed by atoms with van der Waals surface area (Å²) in [6, 6.07) is 12.5. The van der Waals surface area contributed by atoms with Gasteiger partial charge >= 0.3 is 6.18 Å². The van der Waals surface area contributed by atoms with Gasteiger partial charge in [0.25, 0.3) is 0 Å². The number of nitrogens with zero attached hydrogens (tertiary/aromatic N) is 3. The first-order chi connectivity index (χ1) is 14.7. The van der Waals surface area contributed by atoms with Crippen molar-refractivity contribution in [2.45, 2.75) is 19.6 Å². The molecule has 5 nitrogen and oxygen atoms in total. The second-order valence-electron chi connectivity index (χ2n) is 6.90. The molecular formula is C22H16F4N4O. The van der Waals surface area contributed by atoms with Crippen molar-refractivity contribution in [3.8, 4) is 11.1 Å². The van der Waals surface area contributed by atoms with Crippen LogP contribution in [0.2, 0.25) is 0 Å². The number of pyridine rings is 1. The van der Waals surface area contributed by atoms with Gasteiger partial charge in [-0.25, -0.2) is 14.1 Å². The van der Waals surface area contributed by atoms with Crippen molar-refractivity contribution in [3.05, 3.63) is 77.9 Å². The van der Waals surface area contributed by atoms with Crippen LogP contribution in [0.25, 0.3) is 22.2 Å². The normalized spacial score (nSPS) is 11.6. The number of para-hydroxylation sites is 1.